The molecule has 2 unspecified atom stereocenters. The van der Waals surface area contributed by atoms with Gasteiger partial charge in [-0.15, -0.1) is 0 Å². The van der Waals surface area contributed by atoms with Gasteiger partial charge in [-0.1, -0.05) is 6.07 Å². The summed E-state index contributed by atoms with van der Waals surface area (Å²) in [5, 5.41) is 15.8. The molecule has 2 atom stereocenters. The second-order valence-corrected chi connectivity index (χ2v) is 4.95. The number of phenols is 1. The van der Waals surface area contributed by atoms with Crippen LogP contribution in [0.1, 0.15) is 17.5 Å². The van der Waals surface area contributed by atoms with Gasteiger partial charge in [0.05, 0.1) is 12.1 Å². The van der Waals surface area contributed by atoms with Gasteiger partial charge >= 0.3 is 0 Å². The van der Waals surface area contributed by atoms with Crippen molar-refractivity contribution in [3.05, 3.63) is 23.3 Å². The molecule has 3 N–H and O–H groups in total. The van der Waals surface area contributed by atoms with Crippen LogP contribution in [0.25, 0.3) is 0 Å². The Balaban J connectivity index is 2.06. The van der Waals surface area contributed by atoms with Crippen molar-refractivity contribution in [3.8, 4) is 5.75 Å². The molecule has 1 amide bonds. The first-order valence-electron chi connectivity index (χ1n) is 6.39. The normalized spacial score (nSPS) is 22.5. The molecule has 1 saturated heterocycles. The molecule has 1 aliphatic heterocycles. The average Bonchev–Trinajstić information content (AvgIpc) is 2.88. The van der Waals surface area contributed by atoms with Gasteiger partial charge in [0.1, 0.15) is 5.75 Å². The number of rotatable bonds is 3. The molecule has 1 aliphatic rings. The number of carbonyl (C=O) groups excluding carboxylic acids is 1. The predicted molar refractivity (Wildman–Crippen MR) is 73.4 cm³/mol. The molecular formula is C14H20N2O3. The summed E-state index contributed by atoms with van der Waals surface area (Å²) in [6.45, 7) is 4.31. The van der Waals surface area contributed by atoms with Crippen molar-refractivity contribution in [1.29, 1.82) is 0 Å². The number of benzene rings is 1. The van der Waals surface area contributed by atoms with Gasteiger partial charge in [-0.2, -0.15) is 0 Å². The van der Waals surface area contributed by atoms with Crippen molar-refractivity contribution in [2.24, 2.45) is 0 Å². The Morgan fingerprint density at radius 2 is 2.21 bits per heavy atom. The van der Waals surface area contributed by atoms with Crippen molar-refractivity contribution >= 4 is 11.6 Å². The van der Waals surface area contributed by atoms with Crippen LogP contribution in [0.2, 0.25) is 0 Å². The van der Waals surface area contributed by atoms with Crippen LogP contribution in [-0.4, -0.2) is 36.8 Å². The van der Waals surface area contributed by atoms with Crippen molar-refractivity contribution in [1.82, 2.24) is 5.32 Å². The van der Waals surface area contributed by atoms with Gasteiger partial charge in [0.15, 0.2) is 0 Å². The van der Waals surface area contributed by atoms with Gasteiger partial charge in [0.25, 0.3) is 0 Å². The lowest BCUT2D eigenvalue weighted by Gasteiger charge is -2.14. The fraction of sp³-hybridized carbons (Fsp3) is 0.500. The lowest BCUT2D eigenvalue weighted by atomic mass is 10.1. The highest BCUT2D eigenvalue weighted by molar-refractivity contribution is 5.96. The fourth-order valence-corrected chi connectivity index (χ4v) is 2.27. The number of nitrogens with one attached hydrogen (secondary N) is 2. The van der Waals surface area contributed by atoms with E-state index in [2.05, 4.69) is 10.6 Å². The molecular weight excluding hydrogens is 244 g/mol. The van der Waals surface area contributed by atoms with Gasteiger partial charge < -0.3 is 20.5 Å². The molecule has 0 aromatic heterocycles. The van der Waals surface area contributed by atoms with E-state index in [0.29, 0.717) is 24.2 Å². The summed E-state index contributed by atoms with van der Waals surface area (Å²) in [6, 6.07) is 3.36. The lowest BCUT2D eigenvalue weighted by molar-refractivity contribution is -0.118. The number of anilines is 1. The molecule has 0 radical (unpaired) electrons. The molecule has 1 fully saturated rings. The maximum Gasteiger partial charge on any atom is 0.241 e. The third-order valence-corrected chi connectivity index (χ3v) is 3.63. The summed E-state index contributed by atoms with van der Waals surface area (Å²) in [5.41, 5.74) is 2.14. The van der Waals surface area contributed by atoms with Gasteiger partial charge in [0, 0.05) is 24.9 Å². The Morgan fingerprint density at radius 1 is 1.47 bits per heavy atom. The highest BCUT2D eigenvalue weighted by Crippen LogP contribution is 2.28. The third-order valence-electron chi connectivity index (χ3n) is 3.63. The Morgan fingerprint density at radius 3 is 2.84 bits per heavy atom. The van der Waals surface area contributed by atoms with E-state index in [4.69, 9.17) is 4.74 Å². The van der Waals surface area contributed by atoms with Crippen LogP contribution in [0.15, 0.2) is 12.1 Å². The van der Waals surface area contributed by atoms with Crippen LogP contribution in [0, 0.1) is 13.8 Å². The topological polar surface area (TPSA) is 70.6 Å². The smallest absolute Gasteiger partial charge is 0.241 e. The van der Waals surface area contributed by atoms with Crippen molar-refractivity contribution in [2.45, 2.75) is 32.4 Å². The van der Waals surface area contributed by atoms with Crippen LogP contribution in [0.4, 0.5) is 5.69 Å². The molecule has 5 nitrogen and oxygen atoms in total. The van der Waals surface area contributed by atoms with Crippen LogP contribution in [0.5, 0.6) is 5.75 Å². The van der Waals surface area contributed by atoms with E-state index in [1.807, 2.05) is 13.0 Å². The number of phenolic OH excluding ortho intramolecular Hbond substituents is 1. The average molecular weight is 264 g/mol. The number of hydrogen-bond acceptors (Lipinski definition) is 4. The van der Waals surface area contributed by atoms with Crippen LogP contribution < -0.4 is 10.6 Å². The molecule has 0 aliphatic carbocycles. The minimum atomic E-state index is -0.243. The second-order valence-electron chi connectivity index (χ2n) is 4.95. The summed E-state index contributed by atoms with van der Waals surface area (Å²) in [4.78, 5) is 12.1. The Labute approximate surface area is 113 Å². The molecule has 19 heavy (non-hydrogen) atoms. The zero-order chi connectivity index (χ0) is 14.0. The predicted octanol–water partition coefficient (Wildman–Crippen LogP) is 1.32. The summed E-state index contributed by atoms with van der Waals surface area (Å²) in [6.07, 6.45) is 0.752. The van der Waals surface area contributed by atoms with E-state index < -0.39 is 0 Å². The first-order chi connectivity index (χ1) is 9.02. The molecule has 104 valence electrons. The Hall–Kier alpha value is -1.59. The molecule has 0 bridgehead atoms. The maximum atomic E-state index is 12.1. The SMILES string of the molecule is COC1CNC(C(=O)Nc2ccc(C)c(O)c2C)C1. The molecule has 0 spiro atoms. The number of aryl methyl sites for hydroxylation is 1. The summed E-state index contributed by atoms with van der Waals surface area (Å²) in [7, 11) is 1.65. The molecule has 5 heteroatoms. The second kappa shape index (κ2) is 5.59. The first kappa shape index (κ1) is 13.8. The highest BCUT2D eigenvalue weighted by Gasteiger charge is 2.29. The van der Waals surface area contributed by atoms with E-state index in [9.17, 15) is 9.90 Å². The van der Waals surface area contributed by atoms with E-state index in [-0.39, 0.29) is 23.8 Å². The third kappa shape index (κ3) is 2.88. The van der Waals surface area contributed by atoms with Gasteiger partial charge in [-0.05, 0) is 31.9 Å². The van der Waals surface area contributed by atoms with Gasteiger partial charge in [-0.3, -0.25) is 4.79 Å². The number of hydrogen-bond donors (Lipinski definition) is 3. The van der Waals surface area contributed by atoms with E-state index >= 15 is 0 Å². The van der Waals surface area contributed by atoms with E-state index in [1.54, 1.807) is 20.1 Å². The Kier molecular flexibility index (Phi) is 4.07. The number of methoxy groups -OCH3 is 1. The summed E-state index contributed by atoms with van der Waals surface area (Å²) in [5.74, 6) is 0.137. The summed E-state index contributed by atoms with van der Waals surface area (Å²) < 4.78 is 5.22. The fourth-order valence-electron chi connectivity index (χ4n) is 2.27. The number of carbonyl (C=O) groups is 1. The van der Waals surface area contributed by atoms with E-state index in [0.717, 1.165) is 5.56 Å². The number of aromatic hydroxyl groups is 1. The summed E-state index contributed by atoms with van der Waals surface area (Å²) >= 11 is 0. The van der Waals surface area contributed by atoms with Crippen LogP contribution in [-0.2, 0) is 9.53 Å². The minimum absolute atomic E-state index is 0.0864. The minimum Gasteiger partial charge on any atom is -0.507 e. The monoisotopic (exact) mass is 264 g/mol. The number of amides is 1. The van der Waals surface area contributed by atoms with Crippen LogP contribution >= 0.6 is 0 Å². The molecule has 2 rings (SSSR count). The van der Waals surface area contributed by atoms with Gasteiger partial charge in [0.2, 0.25) is 5.91 Å². The van der Waals surface area contributed by atoms with Crippen molar-refractivity contribution in [3.63, 3.8) is 0 Å². The molecule has 1 aromatic rings. The van der Waals surface area contributed by atoms with E-state index in [1.165, 1.54) is 0 Å². The lowest BCUT2D eigenvalue weighted by Crippen LogP contribution is -2.35. The van der Waals surface area contributed by atoms with Gasteiger partial charge in [-0.25, -0.2) is 0 Å². The Bertz CT molecular complexity index is 488. The maximum absolute atomic E-state index is 12.1. The molecule has 1 aromatic carbocycles. The zero-order valence-electron chi connectivity index (χ0n) is 11.5. The largest absolute Gasteiger partial charge is 0.507 e. The number of ether oxygens (including phenoxy) is 1. The van der Waals surface area contributed by atoms with Crippen molar-refractivity contribution in [2.75, 3.05) is 19.0 Å². The highest BCUT2D eigenvalue weighted by atomic mass is 16.5. The van der Waals surface area contributed by atoms with Crippen molar-refractivity contribution < 1.29 is 14.6 Å². The zero-order valence-corrected chi connectivity index (χ0v) is 11.5. The molecule has 1 heterocycles. The van der Waals surface area contributed by atoms with Crippen LogP contribution in [0.3, 0.4) is 0 Å². The molecule has 0 saturated carbocycles. The quantitative estimate of drug-likeness (QED) is 0.770. The standard InChI is InChI=1S/C14H20N2O3/c1-8-4-5-11(9(2)13(8)17)16-14(18)12-6-10(19-3)7-15-12/h4-5,10,12,15,17H,6-7H2,1-3H3,(H,16,18). The first-order valence-corrected chi connectivity index (χ1v) is 6.39.